The van der Waals surface area contributed by atoms with Gasteiger partial charge >= 0.3 is 0 Å². The molecule has 2 aliphatic heterocycles. The minimum absolute atomic E-state index is 0.0653. The van der Waals surface area contributed by atoms with Gasteiger partial charge in [-0.15, -0.1) is 5.10 Å². The minimum atomic E-state index is -3.48. The summed E-state index contributed by atoms with van der Waals surface area (Å²) in [6, 6.07) is 18.7. The molecule has 0 unspecified atom stereocenters. The van der Waals surface area contributed by atoms with Gasteiger partial charge in [-0.1, -0.05) is 36.4 Å². The molecule has 0 aliphatic carbocycles. The number of anilines is 1. The molecule has 0 radical (unpaired) electrons. The highest BCUT2D eigenvalue weighted by Crippen LogP contribution is 2.60. The Kier molecular flexibility index (Phi) is 8.08. The zero-order chi connectivity index (χ0) is 34.7. The van der Waals surface area contributed by atoms with Gasteiger partial charge in [0.25, 0.3) is 17.2 Å². The number of amides is 1. The van der Waals surface area contributed by atoms with Crippen molar-refractivity contribution in [3.63, 3.8) is 0 Å². The standard InChI is InChI=1S/C34H36FN7O6Si/c1-21-31(49(2,3)35)30(13-15-39-20-23(14-16-43)36-38-39)48-34(21)27-18-25(42(46)47)11-12-29(27)40(33(34)45)19-22-7-6-8-24(17-22)41-32(44)26-9-4-5-10-28(26)37-41/h4-12,17-18,20-21,30-31,37,43H,13-16,19H2,1-3H3/t21-,30+,31-,34+/m1/s1. The molecular formula is C34H36FN7O6Si. The van der Waals surface area contributed by atoms with Crippen LogP contribution in [0, 0.1) is 16.0 Å². The van der Waals surface area contributed by atoms with Crippen molar-refractivity contribution >= 4 is 36.6 Å². The van der Waals surface area contributed by atoms with E-state index in [1.165, 1.54) is 16.8 Å². The number of para-hydroxylation sites is 1. The Morgan fingerprint density at radius 2 is 1.92 bits per heavy atom. The smallest absolute Gasteiger partial charge is 0.279 e. The van der Waals surface area contributed by atoms with E-state index in [4.69, 9.17) is 4.74 Å². The average molecular weight is 686 g/mol. The van der Waals surface area contributed by atoms with Gasteiger partial charge in [0, 0.05) is 54.9 Å². The van der Waals surface area contributed by atoms with Gasteiger partial charge in [0.15, 0.2) is 5.60 Å². The highest BCUT2D eigenvalue weighted by molar-refractivity contribution is 6.72. The van der Waals surface area contributed by atoms with E-state index in [0.717, 1.165) is 0 Å². The number of hydrogen-bond acceptors (Lipinski definition) is 8. The molecule has 13 nitrogen and oxygen atoms in total. The van der Waals surface area contributed by atoms with Crippen molar-refractivity contribution in [2.45, 2.75) is 63.2 Å². The molecule has 2 N–H and O–H groups in total. The number of aliphatic hydroxyl groups excluding tert-OH is 1. The summed E-state index contributed by atoms with van der Waals surface area (Å²) in [5.74, 6) is -1.06. The lowest BCUT2D eigenvalue weighted by atomic mass is 9.82. The van der Waals surface area contributed by atoms with Crippen molar-refractivity contribution in [3.05, 3.63) is 110 Å². The summed E-state index contributed by atoms with van der Waals surface area (Å²) in [6.07, 6.45) is 1.73. The Morgan fingerprint density at radius 1 is 1.12 bits per heavy atom. The molecule has 1 saturated heterocycles. The third kappa shape index (κ3) is 5.47. The highest BCUT2D eigenvalue weighted by atomic mass is 28.4. The molecule has 7 rings (SSSR count). The van der Waals surface area contributed by atoms with E-state index in [1.807, 2.05) is 24.3 Å². The number of benzene rings is 3. The number of carbonyl (C=O) groups is 1. The number of aromatic nitrogens is 5. The SMILES string of the molecule is C[C@@H]1[C@@H]([Si](C)(C)F)[C@H](CCn2cc(CCO)nn2)O[C@@]12C(=O)N(Cc1cccc(-n3[nH]c4ccccc4c3=O)c1)c1ccc([N+](=O)[O-])cc12. The number of hydrogen-bond donors (Lipinski definition) is 2. The summed E-state index contributed by atoms with van der Waals surface area (Å²) in [4.78, 5) is 40.9. The van der Waals surface area contributed by atoms with Gasteiger partial charge < -0.3 is 18.9 Å². The number of halogens is 1. The van der Waals surface area contributed by atoms with Crippen molar-refractivity contribution in [3.8, 4) is 5.69 Å². The molecule has 4 atom stereocenters. The zero-order valence-electron chi connectivity index (χ0n) is 27.2. The number of aromatic amines is 1. The van der Waals surface area contributed by atoms with Crippen LogP contribution in [-0.2, 0) is 34.6 Å². The van der Waals surface area contributed by atoms with Crippen LogP contribution in [0.3, 0.4) is 0 Å². The molecule has 15 heteroatoms. The summed E-state index contributed by atoms with van der Waals surface area (Å²) in [6.45, 7) is 5.36. The summed E-state index contributed by atoms with van der Waals surface area (Å²) >= 11 is 0. The summed E-state index contributed by atoms with van der Waals surface area (Å²) in [5.41, 5.74) is 0.742. The number of ether oxygens (including phenoxy) is 1. The topological polar surface area (TPSA) is 161 Å². The number of fused-ring (bicyclic) bond motifs is 3. The average Bonchev–Trinajstić information content (AvgIpc) is 3.80. The Morgan fingerprint density at radius 3 is 2.65 bits per heavy atom. The van der Waals surface area contributed by atoms with Crippen molar-refractivity contribution in [1.29, 1.82) is 0 Å². The van der Waals surface area contributed by atoms with Crippen molar-refractivity contribution in [1.82, 2.24) is 24.8 Å². The summed E-state index contributed by atoms with van der Waals surface area (Å²) < 4.78 is 26.1. The quantitative estimate of drug-likeness (QED) is 0.0921. The molecule has 2 aromatic heterocycles. The normalized spacial score (nSPS) is 22.0. The maximum Gasteiger partial charge on any atom is 0.279 e. The van der Waals surface area contributed by atoms with E-state index in [-0.39, 0.29) is 24.4 Å². The van der Waals surface area contributed by atoms with Gasteiger partial charge in [0.2, 0.25) is 8.41 Å². The number of nitrogens with one attached hydrogen (secondary N) is 1. The number of rotatable bonds is 10. The lowest BCUT2D eigenvalue weighted by Crippen LogP contribution is -2.45. The number of nitrogens with zero attached hydrogens (tertiary/aromatic N) is 6. The Balaban J connectivity index is 1.26. The molecule has 2 aliphatic rings. The molecule has 1 amide bonds. The van der Waals surface area contributed by atoms with Crippen molar-refractivity contribution < 1.29 is 23.7 Å². The summed E-state index contributed by atoms with van der Waals surface area (Å²) in [5, 5.41) is 33.1. The maximum absolute atomic E-state index is 16.3. The Bertz CT molecular complexity index is 2140. The van der Waals surface area contributed by atoms with Crippen LogP contribution in [0.2, 0.25) is 18.6 Å². The number of nitro benzene ring substituents is 1. The van der Waals surface area contributed by atoms with Gasteiger partial charge in [-0.3, -0.25) is 29.5 Å². The van der Waals surface area contributed by atoms with Crippen LogP contribution in [0.4, 0.5) is 15.5 Å². The second-order valence-corrected chi connectivity index (χ2v) is 17.1. The molecule has 1 fully saturated rings. The second-order valence-electron chi connectivity index (χ2n) is 13.3. The molecule has 0 saturated carbocycles. The molecular weight excluding hydrogens is 650 g/mol. The zero-order valence-corrected chi connectivity index (χ0v) is 28.2. The minimum Gasteiger partial charge on any atom is -0.396 e. The van der Waals surface area contributed by atoms with E-state index in [0.29, 0.717) is 58.5 Å². The largest absolute Gasteiger partial charge is 0.396 e. The highest BCUT2D eigenvalue weighted by Gasteiger charge is 2.66. The third-order valence-corrected chi connectivity index (χ3v) is 12.3. The maximum atomic E-state index is 16.3. The first-order valence-corrected chi connectivity index (χ1v) is 19.1. The molecule has 49 heavy (non-hydrogen) atoms. The monoisotopic (exact) mass is 685 g/mol. The van der Waals surface area contributed by atoms with Crippen LogP contribution < -0.4 is 10.5 Å². The number of aliphatic hydroxyl groups is 1. The van der Waals surface area contributed by atoms with Crippen molar-refractivity contribution in [2.24, 2.45) is 5.92 Å². The van der Waals surface area contributed by atoms with E-state index in [1.54, 1.807) is 66.1 Å². The van der Waals surface area contributed by atoms with E-state index in [2.05, 4.69) is 15.4 Å². The molecule has 0 bridgehead atoms. The molecule has 5 aromatic rings. The van der Waals surface area contributed by atoms with E-state index >= 15 is 4.11 Å². The van der Waals surface area contributed by atoms with Crippen LogP contribution in [0.5, 0.6) is 0 Å². The van der Waals surface area contributed by atoms with Gasteiger partial charge in [-0.05, 0) is 55.4 Å². The number of non-ortho nitro benzene ring substituents is 1. The van der Waals surface area contributed by atoms with Crippen LogP contribution >= 0.6 is 0 Å². The molecule has 4 heterocycles. The van der Waals surface area contributed by atoms with Crippen molar-refractivity contribution in [2.75, 3.05) is 11.5 Å². The van der Waals surface area contributed by atoms with E-state index < -0.39 is 42.4 Å². The Hall–Kier alpha value is -4.99. The predicted octanol–water partition coefficient (Wildman–Crippen LogP) is 4.77. The predicted molar refractivity (Wildman–Crippen MR) is 182 cm³/mol. The fraction of sp³-hybridized carbons (Fsp3) is 0.353. The first kappa shape index (κ1) is 32.5. The second kappa shape index (κ2) is 12.2. The Labute approximate surface area is 281 Å². The van der Waals surface area contributed by atoms with Gasteiger partial charge in [0.05, 0.1) is 45.5 Å². The lowest BCUT2D eigenvalue weighted by molar-refractivity contribution is -0.385. The van der Waals surface area contributed by atoms with E-state index in [9.17, 15) is 24.8 Å². The van der Waals surface area contributed by atoms with Crippen LogP contribution in [0.25, 0.3) is 16.6 Å². The first-order valence-electron chi connectivity index (χ1n) is 16.2. The number of H-pyrrole nitrogens is 1. The van der Waals surface area contributed by atoms with Crippen LogP contribution in [-0.4, -0.2) is 61.8 Å². The summed E-state index contributed by atoms with van der Waals surface area (Å²) in [7, 11) is -3.48. The van der Waals surface area contributed by atoms with Crippen LogP contribution in [0.1, 0.15) is 30.2 Å². The van der Waals surface area contributed by atoms with Gasteiger partial charge in [-0.2, -0.15) is 0 Å². The van der Waals surface area contributed by atoms with Crippen LogP contribution in [0.15, 0.2) is 77.7 Å². The fourth-order valence-electron chi connectivity index (χ4n) is 7.73. The van der Waals surface area contributed by atoms with Gasteiger partial charge in [0.1, 0.15) is 0 Å². The molecule has 254 valence electrons. The van der Waals surface area contributed by atoms with Gasteiger partial charge in [-0.25, -0.2) is 4.68 Å². The number of nitro groups is 1. The first-order chi connectivity index (χ1) is 23.4. The third-order valence-electron chi connectivity index (χ3n) is 9.85. The lowest BCUT2D eigenvalue weighted by Gasteiger charge is -2.31. The number of aryl methyl sites for hydroxylation is 1. The molecule has 3 aromatic carbocycles. The molecule has 1 spiro atoms. The number of carbonyl (C=O) groups excluding carboxylic acids is 1. The fourth-order valence-corrected chi connectivity index (χ4v) is 10.3.